The fourth-order valence-corrected chi connectivity index (χ4v) is 4.97. The number of sulfonamides is 1. The molecule has 3 rings (SSSR count). The number of hydrogen-bond donors (Lipinski definition) is 1. The van der Waals surface area contributed by atoms with Crippen LogP contribution in [0.3, 0.4) is 0 Å². The molecule has 25 heavy (non-hydrogen) atoms. The second-order valence-electron chi connectivity index (χ2n) is 6.82. The van der Waals surface area contributed by atoms with Gasteiger partial charge in [0.25, 0.3) is 0 Å². The predicted molar refractivity (Wildman–Crippen MR) is 101 cm³/mol. The minimum atomic E-state index is -3.26. The summed E-state index contributed by atoms with van der Waals surface area (Å²) in [6, 6.07) is 6.07. The maximum Gasteiger partial charge on any atom is 0.230 e. The average Bonchev–Trinajstić information content (AvgIpc) is 2.96. The second kappa shape index (κ2) is 7.01. The van der Waals surface area contributed by atoms with Crippen molar-refractivity contribution in [3.63, 3.8) is 0 Å². The fraction of sp³-hybridized carbons (Fsp3) is 0.529. The summed E-state index contributed by atoms with van der Waals surface area (Å²) in [5, 5.41) is 3.46. The molecule has 2 aromatic rings. The minimum Gasteiger partial charge on any atom is -0.302 e. The van der Waals surface area contributed by atoms with Crippen LogP contribution in [0.25, 0.3) is 10.2 Å². The molecule has 1 fully saturated rings. The smallest absolute Gasteiger partial charge is 0.230 e. The molecule has 0 aliphatic carbocycles. The third kappa shape index (κ3) is 4.02. The zero-order valence-electron chi connectivity index (χ0n) is 14.7. The normalized spacial score (nSPS) is 19.4. The topological polar surface area (TPSA) is 79.4 Å². The van der Waals surface area contributed by atoms with Crippen molar-refractivity contribution in [1.82, 2.24) is 9.29 Å². The van der Waals surface area contributed by atoms with Crippen molar-refractivity contribution in [3.8, 4) is 0 Å². The summed E-state index contributed by atoms with van der Waals surface area (Å²) in [6.45, 7) is 4.97. The molecule has 1 aromatic heterocycles. The first-order chi connectivity index (χ1) is 11.8. The van der Waals surface area contributed by atoms with Gasteiger partial charge in [-0.25, -0.2) is 17.7 Å². The van der Waals surface area contributed by atoms with Gasteiger partial charge >= 0.3 is 0 Å². The zero-order valence-corrected chi connectivity index (χ0v) is 16.3. The molecule has 2 heterocycles. The molecule has 0 radical (unpaired) electrons. The highest BCUT2D eigenvalue weighted by molar-refractivity contribution is 7.88. The van der Waals surface area contributed by atoms with Crippen LogP contribution in [-0.2, 0) is 14.8 Å². The van der Waals surface area contributed by atoms with Gasteiger partial charge in [0, 0.05) is 13.1 Å². The van der Waals surface area contributed by atoms with Crippen molar-refractivity contribution >= 4 is 42.6 Å². The van der Waals surface area contributed by atoms with E-state index in [4.69, 9.17) is 0 Å². The van der Waals surface area contributed by atoms with Gasteiger partial charge in [-0.05, 0) is 30.4 Å². The van der Waals surface area contributed by atoms with Gasteiger partial charge in [0.05, 0.1) is 22.4 Å². The maximum atomic E-state index is 12.6. The van der Waals surface area contributed by atoms with Crippen molar-refractivity contribution in [2.45, 2.75) is 32.6 Å². The lowest BCUT2D eigenvalue weighted by Gasteiger charge is -2.29. The number of carbonyl (C=O) groups is 1. The molecule has 1 aromatic carbocycles. The molecule has 1 aliphatic rings. The van der Waals surface area contributed by atoms with Crippen LogP contribution in [-0.4, -0.2) is 43.0 Å². The van der Waals surface area contributed by atoms with Crippen molar-refractivity contribution < 1.29 is 13.2 Å². The number of aromatic nitrogens is 1. The number of fused-ring (bicyclic) bond motifs is 1. The van der Waals surface area contributed by atoms with Crippen LogP contribution in [0.4, 0.5) is 5.13 Å². The summed E-state index contributed by atoms with van der Waals surface area (Å²) in [5.41, 5.74) is 2.09. The van der Waals surface area contributed by atoms with Gasteiger partial charge in [-0.1, -0.05) is 37.3 Å². The molecule has 0 bridgehead atoms. The van der Waals surface area contributed by atoms with E-state index < -0.39 is 10.0 Å². The Morgan fingerprint density at radius 2 is 2.16 bits per heavy atom. The standard InChI is InChI=1S/C17H23N3O3S2/c1-11(2)13-7-4-8-14-15(13)18-17(24-14)19-16(21)12-6-5-9-20(10-12)25(3,22)23/h4,7-8,11-12H,5-6,9-10H2,1-3H3,(H,18,19,21). The van der Waals surface area contributed by atoms with Gasteiger partial charge in [-0.15, -0.1) is 0 Å². The summed E-state index contributed by atoms with van der Waals surface area (Å²) < 4.78 is 25.9. The third-order valence-corrected chi connectivity index (χ3v) is 6.73. The third-order valence-electron chi connectivity index (χ3n) is 4.53. The summed E-state index contributed by atoms with van der Waals surface area (Å²) >= 11 is 1.45. The average molecular weight is 382 g/mol. The highest BCUT2D eigenvalue weighted by Gasteiger charge is 2.30. The van der Waals surface area contributed by atoms with Crippen LogP contribution in [0.2, 0.25) is 0 Å². The molecule has 136 valence electrons. The first-order valence-electron chi connectivity index (χ1n) is 8.41. The molecule has 1 amide bonds. The van der Waals surface area contributed by atoms with E-state index in [1.54, 1.807) is 0 Å². The summed E-state index contributed by atoms with van der Waals surface area (Å²) in [5.74, 6) is -0.130. The first-order valence-corrected chi connectivity index (χ1v) is 11.1. The fourth-order valence-electron chi connectivity index (χ4n) is 3.15. The van der Waals surface area contributed by atoms with Crippen LogP contribution in [0.15, 0.2) is 18.2 Å². The van der Waals surface area contributed by atoms with Gasteiger partial charge in [-0.2, -0.15) is 0 Å². The van der Waals surface area contributed by atoms with Gasteiger partial charge < -0.3 is 5.32 Å². The Morgan fingerprint density at radius 1 is 1.40 bits per heavy atom. The lowest BCUT2D eigenvalue weighted by Crippen LogP contribution is -2.43. The Labute approximate surface area is 152 Å². The number of benzene rings is 1. The molecule has 1 saturated heterocycles. The number of para-hydroxylation sites is 1. The molecule has 1 atom stereocenters. The van der Waals surface area contributed by atoms with Crippen molar-refractivity contribution in [1.29, 1.82) is 0 Å². The van der Waals surface area contributed by atoms with Gasteiger partial charge in [0.1, 0.15) is 0 Å². The monoisotopic (exact) mass is 381 g/mol. The summed E-state index contributed by atoms with van der Waals surface area (Å²) in [7, 11) is -3.26. The lowest BCUT2D eigenvalue weighted by atomic mass is 9.99. The number of hydrogen-bond acceptors (Lipinski definition) is 5. The minimum absolute atomic E-state index is 0.154. The lowest BCUT2D eigenvalue weighted by molar-refractivity contribution is -0.120. The Balaban J connectivity index is 1.77. The number of anilines is 1. The van der Waals surface area contributed by atoms with Crippen molar-refractivity contribution in [3.05, 3.63) is 23.8 Å². The number of amides is 1. The number of nitrogens with zero attached hydrogens (tertiary/aromatic N) is 2. The van der Waals surface area contributed by atoms with E-state index in [-0.39, 0.29) is 18.4 Å². The summed E-state index contributed by atoms with van der Waals surface area (Å²) in [4.78, 5) is 17.2. The molecule has 1 N–H and O–H groups in total. The SMILES string of the molecule is CC(C)c1cccc2sc(NC(=O)C3CCCN(S(C)(=O)=O)C3)nc12. The van der Waals surface area contributed by atoms with Crippen molar-refractivity contribution in [2.75, 3.05) is 24.7 Å². The van der Waals surface area contributed by atoms with E-state index in [9.17, 15) is 13.2 Å². The van der Waals surface area contributed by atoms with Crippen LogP contribution in [0.1, 0.15) is 38.2 Å². The van der Waals surface area contributed by atoms with E-state index in [0.717, 1.165) is 15.8 Å². The second-order valence-corrected chi connectivity index (χ2v) is 9.83. The predicted octanol–water partition coefficient (Wildman–Crippen LogP) is 3.03. The Hall–Kier alpha value is -1.51. The molecule has 8 heteroatoms. The van der Waals surface area contributed by atoms with E-state index in [1.807, 2.05) is 12.1 Å². The number of carbonyl (C=O) groups excluding carboxylic acids is 1. The van der Waals surface area contributed by atoms with Crippen LogP contribution >= 0.6 is 11.3 Å². The largest absolute Gasteiger partial charge is 0.302 e. The zero-order chi connectivity index (χ0) is 18.2. The number of piperidine rings is 1. The van der Waals surface area contributed by atoms with Crippen molar-refractivity contribution in [2.24, 2.45) is 5.92 Å². The van der Waals surface area contributed by atoms with Crippen LogP contribution < -0.4 is 5.32 Å². The van der Waals surface area contributed by atoms with Gasteiger partial charge in [0.2, 0.25) is 15.9 Å². The number of nitrogens with one attached hydrogen (secondary N) is 1. The molecule has 1 aliphatic heterocycles. The van der Waals surface area contributed by atoms with Gasteiger partial charge in [-0.3, -0.25) is 4.79 Å². The molecular formula is C17H23N3O3S2. The number of thiazole rings is 1. The van der Waals surface area contributed by atoms with E-state index in [1.165, 1.54) is 21.9 Å². The van der Waals surface area contributed by atoms with Crippen LogP contribution in [0.5, 0.6) is 0 Å². The van der Waals surface area contributed by atoms with E-state index in [2.05, 4.69) is 30.2 Å². The molecular weight excluding hydrogens is 358 g/mol. The van der Waals surface area contributed by atoms with E-state index in [0.29, 0.717) is 30.4 Å². The number of rotatable bonds is 4. The first kappa shape index (κ1) is 18.3. The van der Waals surface area contributed by atoms with E-state index >= 15 is 0 Å². The Kier molecular flexibility index (Phi) is 5.13. The van der Waals surface area contributed by atoms with Crippen LogP contribution in [0, 0.1) is 5.92 Å². The highest BCUT2D eigenvalue weighted by Crippen LogP contribution is 2.32. The Morgan fingerprint density at radius 3 is 2.84 bits per heavy atom. The Bertz CT molecular complexity index is 890. The quantitative estimate of drug-likeness (QED) is 0.883. The molecule has 0 spiro atoms. The molecule has 1 unspecified atom stereocenters. The summed E-state index contributed by atoms with van der Waals surface area (Å²) in [6.07, 6.45) is 2.58. The highest BCUT2D eigenvalue weighted by atomic mass is 32.2. The maximum absolute atomic E-state index is 12.6. The molecule has 6 nitrogen and oxygen atoms in total. The van der Waals surface area contributed by atoms with Gasteiger partial charge in [0.15, 0.2) is 5.13 Å². The molecule has 0 saturated carbocycles.